The molecular weight excluding hydrogens is 318 g/mol. The summed E-state index contributed by atoms with van der Waals surface area (Å²) in [7, 11) is 0. The van der Waals surface area contributed by atoms with E-state index in [0.717, 1.165) is 5.52 Å². The number of benzene rings is 1. The number of carbonyl (C=O) groups is 1. The fourth-order valence-electron chi connectivity index (χ4n) is 2.73. The zero-order valence-electron chi connectivity index (χ0n) is 13.3. The molecular formula is C18H15N5O2. The third kappa shape index (κ3) is 2.87. The van der Waals surface area contributed by atoms with Gasteiger partial charge in [-0.2, -0.15) is 0 Å². The Labute approximate surface area is 142 Å². The predicted octanol–water partition coefficient (Wildman–Crippen LogP) is 1.47. The second-order valence-corrected chi connectivity index (χ2v) is 5.65. The first-order chi connectivity index (χ1) is 12.2. The van der Waals surface area contributed by atoms with E-state index in [1.807, 2.05) is 40.9 Å². The molecule has 7 heteroatoms. The SMILES string of the molecule is O=C(NCCn1nnc2ccccc2c1=O)c1cc2ccccn2c1. The molecule has 0 aliphatic heterocycles. The Hall–Kier alpha value is -3.48. The summed E-state index contributed by atoms with van der Waals surface area (Å²) < 4.78 is 3.15. The number of aromatic nitrogens is 4. The molecule has 4 aromatic rings. The molecule has 4 rings (SSSR count). The smallest absolute Gasteiger partial charge is 0.277 e. The number of rotatable bonds is 4. The fourth-order valence-corrected chi connectivity index (χ4v) is 2.73. The van der Waals surface area contributed by atoms with Gasteiger partial charge in [-0.25, -0.2) is 4.68 Å². The molecule has 0 saturated carbocycles. The van der Waals surface area contributed by atoms with Crippen LogP contribution in [0.2, 0.25) is 0 Å². The van der Waals surface area contributed by atoms with Crippen molar-refractivity contribution < 1.29 is 4.79 Å². The molecule has 25 heavy (non-hydrogen) atoms. The average molecular weight is 333 g/mol. The van der Waals surface area contributed by atoms with Gasteiger partial charge in [0.15, 0.2) is 0 Å². The van der Waals surface area contributed by atoms with E-state index in [1.54, 1.807) is 24.4 Å². The molecule has 0 spiro atoms. The summed E-state index contributed by atoms with van der Waals surface area (Å²) in [5, 5.41) is 11.3. The maximum Gasteiger partial charge on any atom is 0.277 e. The number of amides is 1. The van der Waals surface area contributed by atoms with Crippen molar-refractivity contribution in [3.63, 3.8) is 0 Å². The van der Waals surface area contributed by atoms with Gasteiger partial charge in [0, 0.05) is 24.5 Å². The van der Waals surface area contributed by atoms with Gasteiger partial charge in [-0.1, -0.05) is 23.4 Å². The molecule has 7 nitrogen and oxygen atoms in total. The van der Waals surface area contributed by atoms with Crippen molar-refractivity contribution in [2.45, 2.75) is 6.54 Å². The lowest BCUT2D eigenvalue weighted by Gasteiger charge is -2.06. The largest absolute Gasteiger partial charge is 0.350 e. The van der Waals surface area contributed by atoms with Gasteiger partial charge >= 0.3 is 0 Å². The lowest BCUT2D eigenvalue weighted by molar-refractivity contribution is 0.0951. The van der Waals surface area contributed by atoms with Gasteiger partial charge < -0.3 is 9.72 Å². The van der Waals surface area contributed by atoms with Gasteiger partial charge in [0.1, 0.15) is 5.52 Å². The van der Waals surface area contributed by atoms with Crippen molar-refractivity contribution in [3.05, 3.63) is 76.8 Å². The Bertz CT molecular complexity index is 1100. The Morgan fingerprint density at radius 3 is 2.84 bits per heavy atom. The van der Waals surface area contributed by atoms with Crippen molar-refractivity contribution in [3.8, 4) is 0 Å². The van der Waals surface area contributed by atoms with Crippen LogP contribution in [-0.4, -0.2) is 31.8 Å². The average Bonchev–Trinajstić information content (AvgIpc) is 3.08. The summed E-state index contributed by atoms with van der Waals surface area (Å²) in [6, 6.07) is 14.6. The molecule has 1 N–H and O–H groups in total. The van der Waals surface area contributed by atoms with Crippen LogP contribution in [-0.2, 0) is 6.54 Å². The summed E-state index contributed by atoms with van der Waals surface area (Å²) >= 11 is 0. The highest BCUT2D eigenvalue weighted by Gasteiger charge is 2.09. The number of carbonyl (C=O) groups excluding carboxylic acids is 1. The van der Waals surface area contributed by atoms with Crippen LogP contribution in [0.3, 0.4) is 0 Å². The van der Waals surface area contributed by atoms with Gasteiger partial charge in [-0.3, -0.25) is 9.59 Å². The molecule has 0 atom stereocenters. The van der Waals surface area contributed by atoms with E-state index in [2.05, 4.69) is 15.6 Å². The van der Waals surface area contributed by atoms with E-state index in [-0.39, 0.29) is 24.6 Å². The quantitative estimate of drug-likeness (QED) is 0.613. The van der Waals surface area contributed by atoms with Crippen LogP contribution in [0.5, 0.6) is 0 Å². The Kier molecular flexibility index (Phi) is 3.74. The van der Waals surface area contributed by atoms with Crippen LogP contribution >= 0.6 is 0 Å². The Morgan fingerprint density at radius 1 is 1.12 bits per heavy atom. The minimum atomic E-state index is -0.213. The predicted molar refractivity (Wildman–Crippen MR) is 93.5 cm³/mol. The van der Waals surface area contributed by atoms with Crippen LogP contribution in [0.15, 0.2) is 65.7 Å². The molecule has 124 valence electrons. The van der Waals surface area contributed by atoms with Crippen molar-refractivity contribution in [1.82, 2.24) is 24.7 Å². The normalized spacial score (nSPS) is 11.0. The molecule has 1 amide bonds. The minimum Gasteiger partial charge on any atom is -0.350 e. The highest BCUT2D eigenvalue weighted by molar-refractivity contribution is 5.95. The number of nitrogens with zero attached hydrogens (tertiary/aromatic N) is 4. The number of fused-ring (bicyclic) bond motifs is 2. The van der Waals surface area contributed by atoms with E-state index in [1.165, 1.54) is 4.68 Å². The molecule has 3 aromatic heterocycles. The van der Waals surface area contributed by atoms with Crippen molar-refractivity contribution in [2.75, 3.05) is 6.54 Å². The summed E-state index contributed by atoms with van der Waals surface area (Å²) in [5.74, 6) is -0.189. The van der Waals surface area contributed by atoms with E-state index < -0.39 is 0 Å². The van der Waals surface area contributed by atoms with Crippen LogP contribution < -0.4 is 10.9 Å². The fraction of sp³-hybridized carbons (Fsp3) is 0.111. The van der Waals surface area contributed by atoms with Crippen LogP contribution in [0, 0.1) is 0 Å². The van der Waals surface area contributed by atoms with Gasteiger partial charge in [-0.15, -0.1) is 5.10 Å². The van der Waals surface area contributed by atoms with E-state index in [4.69, 9.17) is 0 Å². The number of hydrogen-bond donors (Lipinski definition) is 1. The summed E-state index contributed by atoms with van der Waals surface area (Å²) in [6.45, 7) is 0.549. The van der Waals surface area contributed by atoms with E-state index in [0.29, 0.717) is 16.5 Å². The molecule has 0 fully saturated rings. The maximum atomic E-state index is 12.3. The standard InChI is InChI=1S/C18H15N5O2/c24-17(13-11-14-5-3-4-9-22(14)12-13)19-8-10-23-18(25)15-6-1-2-7-16(15)20-21-23/h1-7,9,11-12H,8,10H2,(H,19,24). The number of pyridine rings is 1. The Balaban J connectivity index is 1.46. The highest BCUT2D eigenvalue weighted by atomic mass is 16.2. The van der Waals surface area contributed by atoms with Gasteiger partial charge in [0.25, 0.3) is 11.5 Å². The maximum absolute atomic E-state index is 12.3. The van der Waals surface area contributed by atoms with E-state index in [9.17, 15) is 9.59 Å². The van der Waals surface area contributed by atoms with Crippen LogP contribution in [0.1, 0.15) is 10.4 Å². The second-order valence-electron chi connectivity index (χ2n) is 5.65. The lowest BCUT2D eigenvalue weighted by Crippen LogP contribution is -2.32. The molecule has 0 aliphatic carbocycles. The third-order valence-electron chi connectivity index (χ3n) is 4.01. The number of nitrogens with one attached hydrogen (secondary N) is 1. The minimum absolute atomic E-state index is 0.189. The zero-order valence-corrected chi connectivity index (χ0v) is 13.3. The highest BCUT2D eigenvalue weighted by Crippen LogP contribution is 2.09. The first-order valence-electron chi connectivity index (χ1n) is 7.90. The van der Waals surface area contributed by atoms with Crippen molar-refractivity contribution >= 4 is 22.3 Å². The van der Waals surface area contributed by atoms with Crippen molar-refractivity contribution in [2.24, 2.45) is 0 Å². The van der Waals surface area contributed by atoms with Gasteiger partial charge in [-0.05, 0) is 30.3 Å². The summed E-state index contributed by atoms with van der Waals surface area (Å²) in [6.07, 6.45) is 3.66. The van der Waals surface area contributed by atoms with Gasteiger partial charge in [0.2, 0.25) is 0 Å². The number of hydrogen-bond acceptors (Lipinski definition) is 4. The molecule has 0 unspecified atom stereocenters. The molecule has 0 bridgehead atoms. The summed E-state index contributed by atoms with van der Waals surface area (Å²) in [5.41, 5.74) is 1.87. The van der Waals surface area contributed by atoms with Crippen molar-refractivity contribution in [1.29, 1.82) is 0 Å². The molecule has 0 aliphatic rings. The molecule has 1 aromatic carbocycles. The molecule has 0 saturated heterocycles. The van der Waals surface area contributed by atoms with Crippen LogP contribution in [0.25, 0.3) is 16.4 Å². The molecule has 0 radical (unpaired) electrons. The van der Waals surface area contributed by atoms with Gasteiger partial charge in [0.05, 0.1) is 17.5 Å². The monoisotopic (exact) mass is 333 g/mol. The first-order valence-corrected chi connectivity index (χ1v) is 7.90. The lowest BCUT2D eigenvalue weighted by atomic mass is 10.2. The molecule has 3 heterocycles. The summed E-state index contributed by atoms with van der Waals surface area (Å²) in [4.78, 5) is 24.6. The van der Waals surface area contributed by atoms with Crippen LogP contribution in [0.4, 0.5) is 0 Å². The zero-order chi connectivity index (χ0) is 17.2. The Morgan fingerprint density at radius 2 is 1.96 bits per heavy atom. The topological polar surface area (TPSA) is 81.3 Å². The second kappa shape index (κ2) is 6.20. The first kappa shape index (κ1) is 15.1. The third-order valence-corrected chi connectivity index (χ3v) is 4.01. The van der Waals surface area contributed by atoms with E-state index >= 15 is 0 Å².